The molecule has 1 fully saturated rings. The van der Waals surface area contributed by atoms with E-state index in [1.165, 1.54) is 0 Å². The zero-order chi connectivity index (χ0) is 10.6. The Hall–Kier alpha value is -0.610. The molecular weight excluding hydrogens is 180 g/mol. The van der Waals surface area contributed by atoms with E-state index in [1.54, 1.807) is 0 Å². The summed E-state index contributed by atoms with van der Waals surface area (Å²) in [6.07, 6.45) is 2.11. The van der Waals surface area contributed by atoms with Crippen LogP contribution in [-0.2, 0) is 4.79 Å². The molecule has 0 unspecified atom stereocenters. The summed E-state index contributed by atoms with van der Waals surface area (Å²) < 4.78 is 0. The van der Waals surface area contributed by atoms with Gasteiger partial charge in [0.15, 0.2) is 0 Å². The normalized spacial score (nSPS) is 22.1. The van der Waals surface area contributed by atoms with Crippen LogP contribution in [0, 0.1) is 0 Å². The first-order valence-corrected chi connectivity index (χ1v) is 5.25. The van der Waals surface area contributed by atoms with Crippen molar-refractivity contribution >= 4 is 5.97 Å². The molecule has 0 aromatic heterocycles. The van der Waals surface area contributed by atoms with Gasteiger partial charge in [-0.2, -0.15) is 0 Å². The molecule has 0 radical (unpaired) electrons. The lowest BCUT2D eigenvalue weighted by molar-refractivity contribution is -0.139. The van der Waals surface area contributed by atoms with Crippen molar-refractivity contribution in [2.45, 2.75) is 31.7 Å². The monoisotopic (exact) mass is 200 g/mol. The first-order valence-electron chi connectivity index (χ1n) is 5.25. The standard InChI is InChI=1S/C10H20N2O2/c1-3-12-6-4-10(11-2,5-7-12)8-9(13)14/h11H,3-8H2,1-2H3,(H,13,14). The maximum absolute atomic E-state index is 10.7. The number of carbonyl (C=O) groups is 1. The smallest absolute Gasteiger partial charge is 0.305 e. The van der Waals surface area contributed by atoms with E-state index in [-0.39, 0.29) is 12.0 Å². The van der Waals surface area contributed by atoms with Gasteiger partial charge < -0.3 is 15.3 Å². The second kappa shape index (κ2) is 4.75. The number of carboxylic acid groups (broad SMARTS) is 1. The Labute approximate surface area is 85.3 Å². The van der Waals surface area contributed by atoms with Gasteiger partial charge in [-0.1, -0.05) is 6.92 Å². The van der Waals surface area contributed by atoms with Crippen LogP contribution in [0.15, 0.2) is 0 Å². The number of aliphatic carboxylic acids is 1. The zero-order valence-corrected chi connectivity index (χ0v) is 9.05. The third-order valence-electron chi connectivity index (χ3n) is 3.28. The molecule has 0 spiro atoms. The van der Waals surface area contributed by atoms with Gasteiger partial charge >= 0.3 is 5.97 Å². The number of rotatable bonds is 4. The first-order chi connectivity index (χ1) is 6.62. The zero-order valence-electron chi connectivity index (χ0n) is 9.05. The Morgan fingerprint density at radius 2 is 2.07 bits per heavy atom. The molecular formula is C10H20N2O2. The van der Waals surface area contributed by atoms with E-state index in [2.05, 4.69) is 17.1 Å². The van der Waals surface area contributed by atoms with Gasteiger partial charge in [0.05, 0.1) is 6.42 Å². The van der Waals surface area contributed by atoms with E-state index in [4.69, 9.17) is 5.11 Å². The van der Waals surface area contributed by atoms with Crippen LogP contribution in [-0.4, -0.2) is 48.2 Å². The van der Waals surface area contributed by atoms with E-state index in [9.17, 15) is 4.79 Å². The van der Waals surface area contributed by atoms with Gasteiger partial charge in [-0.15, -0.1) is 0 Å². The van der Waals surface area contributed by atoms with Crippen molar-refractivity contribution in [1.82, 2.24) is 10.2 Å². The topological polar surface area (TPSA) is 52.6 Å². The van der Waals surface area contributed by atoms with E-state index in [0.29, 0.717) is 0 Å². The Kier molecular flexibility index (Phi) is 3.89. The summed E-state index contributed by atoms with van der Waals surface area (Å²) in [6, 6.07) is 0. The molecule has 0 aliphatic carbocycles. The molecule has 0 aromatic carbocycles. The lowest BCUT2D eigenvalue weighted by atomic mass is 9.84. The quantitative estimate of drug-likeness (QED) is 0.695. The number of likely N-dealkylation sites (tertiary alicyclic amines) is 1. The van der Waals surface area contributed by atoms with Crippen molar-refractivity contribution in [3.05, 3.63) is 0 Å². The van der Waals surface area contributed by atoms with E-state index >= 15 is 0 Å². The summed E-state index contributed by atoms with van der Waals surface area (Å²) in [4.78, 5) is 13.1. The van der Waals surface area contributed by atoms with E-state index < -0.39 is 5.97 Å². The molecule has 1 heterocycles. The van der Waals surface area contributed by atoms with Crippen LogP contribution in [0.5, 0.6) is 0 Å². The van der Waals surface area contributed by atoms with Gasteiger partial charge in [0.25, 0.3) is 0 Å². The molecule has 4 nitrogen and oxygen atoms in total. The molecule has 1 aliphatic rings. The van der Waals surface area contributed by atoms with Crippen molar-refractivity contribution < 1.29 is 9.90 Å². The Balaban J connectivity index is 2.52. The highest BCUT2D eigenvalue weighted by atomic mass is 16.4. The summed E-state index contributed by atoms with van der Waals surface area (Å²) >= 11 is 0. The predicted molar refractivity (Wildman–Crippen MR) is 55.4 cm³/mol. The van der Waals surface area contributed by atoms with Crippen LogP contribution in [0.4, 0.5) is 0 Å². The fraction of sp³-hybridized carbons (Fsp3) is 0.900. The number of piperidine rings is 1. The average Bonchev–Trinajstić information content (AvgIpc) is 2.18. The number of hydrogen-bond donors (Lipinski definition) is 2. The second-order valence-corrected chi connectivity index (χ2v) is 4.04. The number of hydrogen-bond acceptors (Lipinski definition) is 3. The third-order valence-corrected chi connectivity index (χ3v) is 3.28. The highest BCUT2D eigenvalue weighted by Gasteiger charge is 2.34. The highest BCUT2D eigenvalue weighted by molar-refractivity contribution is 5.68. The van der Waals surface area contributed by atoms with Gasteiger partial charge in [0.1, 0.15) is 0 Å². The maximum atomic E-state index is 10.7. The van der Waals surface area contributed by atoms with Crippen LogP contribution in [0.1, 0.15) is 26.2 Å². The van der Waals surface area contributed by atoms with Crippen molar-refractivity contribution in [2.75, 3.05) is 26.7 Å². The Morgan fingerprint density at radius 1 is 1.50 bits per heavy atom. The molecule has 14 heavy (non-hydrogen) atoms. The van der Waals surface area contributed by atoms with Crippen LogP contribution < -0.4 is 5.32 Å². The minimum absolute atomic E-state index is 0.169. The molecule has 0 saturated carbocycles. The van der Waals surface area contributed by atoms with Gasteiger partial charge in [-0.05, 0) is 39.5 Å². The third kappa shape index (κ3) is 2.69. The van der Waals surface area contributed by atoms with Crippen molar-refractivity contribution in [1.29, 1.82) is 0 Å². The summed E-state index contributed by atoms with van der Waals surface area (Å²) in [5.41, 5.74) is -0.169. The number of carboxylic acids is 1. The van der Waals surface area contributed by atoms with Gasteiger partial charge in [-0.25, -0.2) is 0 Å². The molecule has 82 valence electrons. The molecule has 0 aromatic rings. The summed E-state index contributed by atoms with van der Waals surface area (Å²) in [5, 5.41) is 12.0. The summed E-state index contributed by atoms with van der Waals surface area (Å²) in [7, 11) is 1.87. The SMILES string of the molecule is CCN1CCC(CC(=O)O)(NC)CC1. The first kappa shape index (κ1) is 11.5. The minimum atomic E-state index is -0.704. The lowest BCUT2D eigenvalue weighted by Gasteiger charge is -2.40. The molecule has 1 aliphatic heterocycles. The average molecular weight is 200 g/mol. The number of nitrogens with one attached hydrogen (secondary N) is 1. The summed E-state index contributed by atoms with van der Waals surface area (Å²) in [6.45, 7) is 5.21. The van der Waals surface area contributed by atoms with Crippen LogP contribution in [0.2, 0.25) is 0 Å². The molecule has 0 amide bonds. The van der Waals surface area contributed by atoms with Crippen molar-refractivity contribution in [2.24, 2.45) is 0 Å². The van der Waals surface area contributed by atoms with Gasteiger partial charge in [-0.3, -0.25) is 4.79 Å². The predicted octanol–water partition coefficient (Wildman–Crippen LogP) is 0.535. The molecule has 1 saturated heterocycles. The molecule has 4 heteroatoms. The molecule has 2 N–H and O–H groups in total. The Morgan fingerprint density at radius 3 is 2.43 bits per heavy atom. The summed E-state index contributed by atoms with van der Waals surface area (Å²) in [5.74, 6) is -0.704. The van der Waals surface area contributed by atoms with E-state index in [0.717, 1.165) is 32.5 Å². The second-order valence-electron chi connectivity index (χ2n) is 4.04. The van der Waals surface area contributed by atoms with Crippen LogP contribution in [0.3, 0.4) is 0 Å². The molecule has 0 atom stereocenters. The van der Waals surface area contributed by atoms with E-state index in [1.807, 2.05) is 7.05 Å². The molecule has 0 bridgehead atoms. The van der Waals surface area contributed by atoms with Crippen molar-refractivity contribution in [3.63, 3.8) is 0 Å². The minimum Gasteiger partial charge on any atom is -0.481 e. The fourth-order valence-electron chi connectivity index (χ4n) is 2.10. The highest BCUT2D eigenvalue weighted by Crippen LogP contribution is 2.25. The lowest BCUT2D eigenvalue weighted by Crippen LogP contribution is -2.53. The Bertz CT molecular complexity index is 198. The van der Waals surface area contributed by atoms with Gasteiger partial charge in [0.2, 0.25) is 0 Å². The largest absolute Gasteiger partial charge is 0.481 e. The van der Waals surface area contributed by atoms with Crippen molar-refractivity contribution in [3.8, 4) is 0 Å². The number of nitrogens with zero attached hydrogens (tertiary/aromatic N) is 1. The maximum Gasteiger partial charge on any atom is 0.305 e. The van der Waals surface area contributed by atoms with Crippen LogP contribution >= 0.6 is 0 Å². The molecule has 1 rings (SSSR count). The fourth-order valence-corrected chi connectivity index (χ4v) is 2.10. The van der Waals surface area contributed by atoms with Gasteiger partial charge in [0, 0.05) is 5.54 Å². The van der Waals surface area contributed by atoms with Crippen LogP contribution in [0.25, 0.3) is 0 Å².